The summed E-state index contributed by atoms with van der Waals surface area (Å²) in [5, 5.41) is 8.78. The number of benzene rings is 2. The van der Waals surface area contributed by atoms with Crippen molar-refractivity contribution in [3.8, 4) is 0 Å². The smallest absolute Gasteiger partial charge is 0.307 e. The molecule has 1 N–H and O–H groups in total. The molecule has 0 saturated carbocycles. The molecule has 2 rings (SSSR count). The number of ketones is 1. The van der Waals surface area contributed by atoms with Crippen molar-refractivity contribution >= 4 is 11.8 Å². The number of carbonyl (C=O) groups excluding carboxylic acids is 1. The molecule has 3 nitrogen and oxygen atoms in total. The Bertz CT molecular complexity index is 615. The van der Waals surface area contributed by atoms with Crippen LogP contribution < -0.4 is 0 Å². The monoisotopic (exact) mass is 254 g/mol. The first-order chi connectivity index (χ1) is 9.08. The highest BCUT2D eigenvalue weighted by molar-refractivity contribution is 6.09. The summed E-state index contributed by atoms with van der Waals surface area (Å²) in [6.45, 7) is 1.82. The minimum atomic E-state index is -0.870. The third-order valence-electron chi connectivity index (χ3n) is 2.98. The van der Waals surface area contributed by atoms with Crippen LogP contribution in [-0.2, 0) is 11.2 Å². The highest BCUT2D eigenvalue weighted by atomic mass is 16.4. The highest BCUT2D eigenvalue weighted by Crippen LogP contribution is 2.15. The van der Waals surface area contributed by atoms with Crippen molar-refractivity contribution in [3.05, 3.63) is 70.8 Å². The van der Waals surface area contributed by atoms with Crippen LogP contribution in [0.15, 0.2) is 48.5 Å². The van der Waals surface area contributed by atoms with Gasteiger partial charge in [-0.25, -0.2) is 0 Å². The Kier molecular flexibility index (Phi) is 3.76. The molecule has 0 aliphatic rings. The fraction of sp³-hybridized carbons (Fsp3) is 0.125. The number of hydrogen-bond donors (Lipinski definition) is 1. The lowest BCUT2D eigenvalue weighted by Gasteiger charge is -2.06. The lowest BCUT2D eigenvalue weighted by atomic mass is 9.97. The van der Waals surface area contributed by atoms with Crippen molar-refractivity contribution < 1.29 is 14.7 Å². The molecule has 0 radical (unpaired) electrons. The van der Waals surface area contributed by atoms with Gasteiger partial charge in [-0.15, -0.1) is 0 Å². The van der Waals surface area contributed by atoms with Crippen molar-refractivity contribution in [3.63, 3.8) is 0 Å². The zero-order valence-corrected chi connectivity index (χ0v) is 10.6. The molecule has 3 heteroatoms. The van der Waals surface area contributed by atoms with Gasteiger partial charge in [0.05, 0.1) is 6.42 Å². The number of carbonyl (C=O) groups is 2. The van der Waals surface area contributed by atoms with E-state index in [0.717, 1.165) is 11.1 Å². The zero-order valence-electron chi connectivity index (χ0n) is 10.6. The molecule has 0 aromatic heterocycles. The average Bonchev–Trinajstić information content (AvgIpc) is 2.41. The molecule has 19 heavy (non-hydrogen) atoms. The molecule has 0 fully saturated rings. The van der Waals surface area contributed by atoms with E-state index in [2.05, 4.69) is 0 Å². The predicted molar refractivity (Wildman–Crippen MR) is 72.4 cm³/mol. The van der Waals surface area contributed by atoms with Gasteiger partial charge >= 0.3 is 5.97 Å². The summed E-state index contributed by atoms with van der Waals surface area (Å²) in [6, 6.07) is 14.2. The summed E-state index contributed by atoms with van der Waals surface area (Å²) in [6.07, 6.45) is -0.0222. The van der Waals surface area contributed by atoms with E-state index >= 15 is 0 Å². The molecular formula is C16H14O3. The molecule has 0 amide bonds. The van der Waals surface area contributed by atoms with Gasteiger partial charge in [0, 0.05) is 11.1 Å². The fourth-order valence-corrected chi connectivity index (χ4v) is 1.95. The van der Waals surface area contributed by atoms with Crippen LogP contribution in [0.25, 0.3) is 0 Å². The summed E-state index contributed by atoms with van der Waals surface area (Å²) in [5.41, 5.74) is 2.77. The van der Waals surface area contributed by atoms with Crippen molar-refractivity contribution in [1.82, 2.24) is 0 Å². The third kappa shape index (κ3) is 3.07. The topological polar surface area (TPSA) is 54.4 Å². The van der Waals surface area contributed by atoms with Crippen LogP contribution in [0, 0.1) is 6.92 Å². The van der Waals surface area contributed by atoms with E-state index in [1.807, 2.05) is 25.1 Å². The number of carboxylic acid groups (broad SMARTS) is 1. The van der Waals surface area contributed by atoms with Gasteiger partial charge < -0.3 is 5.11 Å². The van der Waals surface area contributed by atoms with Crippen molar-refractivity contribution in [2.24, 2.45) is 0 Å². The van der Waals surface area contributed by atoms with Crippen molar-refractivity contribution in [2.45, 2.75) is 13.3 Å². The van der Waals surface area contributed by atoms with Gasteiger partial charge in [0.1, 0.15) is 0 Å². The summed E-state index contributed by atoms with van der Waals surface area (Å²) >= 11 is 0. The maximum absolute atomic E-state index is 12.2. The molecule has 0 unspecified atom stereocenters. The molecule has 0 aliphatic heterocycles. The second-order valence-corrected chi connectivity index (χ2v) is 4.41. The largest absolute Gasteiger partial charge is 0.481 e. The van der Waals surface area contributed by atoms with Gasteiger partial charge in [0.25, 0.3) is 0 Å². The summed E-state index contributed by atoms with van der Waals surface area (Å²) in [5.74, 6) is -0.921. The number of hydrogen-bond acceptors (Lipinski definition) is 2. The van der Waals surface area contributed by atoms with E-state index in [0.29, 0.717) is 11.1 Å². The van der Waals surface area contributed by atoms with Gasteiger partial charge in [-0.3, -0.25) is 9.59 Å². The Labute approximate surface area is 111 Å². The van der Waals surface area contributed by atoms with E-state index < -0.39 is 5.97 Å². The zero-order chi connectivity index (χ0) is 13.8. The fourth-order valence-electron chi connectivity index (χ4n) is 1.95. The van der Waals surface area contributed by atoms with Crippen LogP contribution in [-0.4, -0.2) is 16.9 Å². The second-order valence-electron chi connectivity index (χ2n) is 4.41. The van der Waals surface area contributed by atoms with Crippen LogP contribution in [0.1, 0.15) is 27.0 Å². The van der Waals surface area contributed by atoms with E-state index in [1.54, 1.807) is 30.3 Å². The van der Waals surface area contributed by atoms with Crippen molar-refractivity contribution in [1.29, 1.82) is 0 Å². The van der Waals surface area contributed by atoms with Gasteiger partial charge in [-0.05, 0) is 24.1 Å². The van der Waals surface area contributed by atoms with E-state index in [9.17, 15) is 9.59 Å². The molecule has 2 aromatic carbocycles. The van der Waals surface area contributed by atoms with E-state index in [4.69, 9.17) is 5.11 Å². The van der Waals surface area contributed by atoms with Crippen LogP contribution in [0.5, 0.6) is 0 Å². The second kappa shape index (κ2) is 5.48. The maximum Gasteiger partial charge on any atom is 0.307 e. The quantitative estimate of drug-likeness (QED) is 0.853. The number of aryl methyl sites for hydroxylation is 1. The Hall–Kier alpha value is -2.42. The first-order valence-corrected chi connectivity index (χ1v) is 5.99. The minimum absolute atomic E-state index is 0.0222. The number of aliphatic carboxylic acids is 1. The lowest BCUT2D eigenvalue weighted by Crippen LogP contribution is -2.05. The highest BCUT2D eigenvalue weighted by Gasteiger charge is 2.11. The Morgan fingerprint density at radius 2 is 1.68 bits per heavy atom. The van der Waals surface area contributed by atoms with Crippen LogP contribution in [0.4, 0.5) is 0 Å². The molecule has 0 bridgehead atoms. The lowest BCUT2D eigenvalue weighted by molar-refractivity contribution is -0.136. The normalized spacial score (nSPS) is 10.2. The van der Waals surface area contributed by atoms with Gasteiger partial charge in [-0.2, -0.15) is 0 Å². The van der Waals surface area contributed by atoms with Crippen LogP contribution >= 0.6 is 0 Å². The van der Waals surface area contributed by atoms with Crippen molar-refractivity contribution in [2.75, 3.05) is 0 Å². The molecule has 0 aliphatic carbocycles. The Morgan fingerprint density at radius 3 is 2.26 bits per heavy atom. The minimum Gasteiger partial charge on any atom is -0.481 e. The predicted octanol–water partition coefficient (Wildman–Crippen LogP) is 2.85. The molecule has 0 atom stereocenters. The average molecular weight is 254 g/mol. The summed E-state index contributed by atoms with van der Waals surface area (Å²) in [7, 11) is 0. The van der Waals surface area contributed by atoms with Crippen LogP contribution in [0.2, 0.25) is 0 Å². The summed E-state index contributed by atoms with van der Waals surface area (Å²) in [4.78, 5) is 22.9. The first-order valence-electron chi connectivity index (χ1n) is 5.99. The third-order valence-corrected chi connectivity index (χ3v) is 2.98. The number of rotatable bonds is 4. The van der Waals surface area contributed by atoms with Gasteiger partial charge in [0.15, 0.2) is 5.78 Å². The molecule has 2 aromatic rings. The Balaban J connectivity index is 2.30. The molecule has 0 spiro atoms. The van der Waals surface area contributed by atoms with Crippen LogP contribution in [0.3, 0.4) is 0 Å². The molecule has 0 saturated heterocycles. The number of carboxylic acids is 1. The van der Waals surface area contributed by atoms with Gasteiger partial charge in [-0.1, -0.05) is 42.5 Å². The van der Waals surface area contributed by atoms with E-state index in [-0.39, 0.29) is 12.2 Å². The SMILES string of the molecule is Cc1cc(C(=O)c2ccccc2)ccc1CC(=O)O. The first kappa shape index (κ1) is 13.0. The Morgan fingerprint density at radius 1 is 1.00 bits per heavy atom. The standard InChI is InChI=1S/C16H14O3/c1-11-9-14(8-7-13(11)10-15(17)18)16(19)12-5-3-2-4-6-12/h2-9H,10H2,1H3,(H,17,18). The van der Waals surface area contributed by atoms with E-state index in [1.165, 1.54) is 0 Å². The molecular weight excluding hydrogens is 240 g/mol. The molecule has 0 heterocycles. The van der Waals surface area contributed by atoms with Gasteiger partial charge in [0.2, 0.25) is 0 Å². The maximum atomic E-state index is 12.2. The molecule has 96 valence electrons. The summed E-state index contributed by atoms with van der Waals surface area (Å²) < 4.78 is 0.